The van der Waals surface area contributed by atoms with Crippen LogP contribution < -0.4 is 10.2 Å². The van der Waals surface area contributed by atoms with E-state index >= 15 is 0 Å². The van der Waals surface area contributed by atoms with E-state index in [0.29, 0.717) is 5.56 Å². The molecule has 10 atom stereocenters. The van der Waals surface area contributed by atoms with Crippen molar-refractivity contribution in [1.82, 2.24) is 0 Å². The maximum atomic E-state index is 12.7. The first-order valence-corrected chi connectivity index (χ1v) is 12.7. The van der Waals surface area contributed by atoms with Crippen molar-refractivity contribution in [1.29, 1.82) is 0 Å². The number of hydrogen-bond donors (Lipinski definition) is 8. The van der Waals surface area contributed by atoms with E-state index in [2.05, 4.69) is 0 Å². The molecule has 0 spiro atoms. The second kappa shape index (κ2) is 11.5. The van der Waals surface area contributed by atoms with Crippen LogP contribution >= 0.6 is 0 Å². The SMILES string of the molecule is C[C@H]1O[C@@H](OC[C@H]2O[C@@H](Oc3cc(O)c4c(=O)cc(-c5ccc(O)cc5)oc4c3)[C@H](O)[C@@H](O)[C@@H]2O)[C@@H](O)[C@@H](O)[C@@H]1O. The summed E-state index contributed by atoms with van der Waals surface area (Å²) >= 11 is 0. The quantitative estimate of drug-likeness (QED) is 0.174. The van der Waals surface area contributed by atoms with Gasteiger partial charge >= 0.3 is 0 Å². The molecule has 5 rings (SSSR count). The third-order valence-electron chi connectivity index (χ3n) is 7.09. The minimum absolute atomic E-state index is 0.0145. The first-order valence-electron chi connectivity index (χ1n) is 12.7. The molecule has 8 N–H and O–H groups in total. The van der Waals surface area contributed by atoms with Crippen LogP contribution in [0, 0.1) is 0 Å². The van der Waals surface area contributed by atoms with Crippen molar-refractivity contribution in [3.63, 3.8) is 0 Å². The largest absolute Gasteiger partial charge is 0.508 e. The molecule has 222 valence electrons. The van der Waals surface area contributed by atoms with E-state index in [9.17, 15) is 45.6 Å². The number of aromatic hydroxyl groups is 2. The van der Waals surface area contributed by atoms with Crippen molar-refractivity contribution >= 4 is 11.0 Å². The highest BCUT2D eigenvalue weighted by Crippen LogP contribution is 2.34. The molecule has 2 aliphatic heterocycles. The molecule has 0 amide bonds. The summed E-state index contributed by atoms with van der Waals surface area (Å²) in [7, 11) is 0. The lowest BCUT2D eigenvalue weighted by Gasteiger charge is -2.42. The van der Waals surface area contributed by atoms with Crippen LogP contribution in [0.25, 0.3) is 22.3 Å². The fraction of sp³-hybridized carbons (Fsp3) is 0.444. The Morgan fingerprint density at radius 3 is 2.15 bits per heavy atom. The van der Waals surface area contributed by atoms with Gasteiger partial charge in [0.1, 0.15) is 76.7 Å². The van der Waals surface area contributed by atoms with Gasteiger partial charge in [-0.3, -0.25) is 4.79 Å². The Morgan fingerprint density at radius 2 is 1.44 bits per heavy atom. The summed E-state index contributed by atoms with van der Waals surface area (Å²) in [5, 5.41) is 81.2. The first kappa shape index (κ1) is 29.2. The number of phenols is 2. The summed E-state index contributed by atoms with van der Waals surface area (Å²) in [5.74, 6) is -0.457. The van der Waals surface area contributed by atoms with Gasteiger partial charge in [0.15, 0.2) is 11.7 Å². The molecule has 0 bridgehead atoms. The highest BCUT2D eigenvalue weighted by Gasteiger charge is 2.47. The zero-order chi connectivity index (χ0) is 29.6. The van der Waals surface area contributed by atoms with Gasteiger partial charge in [-0.1, -0.05) is 0 Å². The minimum Gasteiger partial charge on any atom is -0.508 e. The predicted octanol–water partition coefficient (Wildman–Crippen LogP) is -1.10. The van der Waals surface area contributed by atoms with Crippen LogP contribution in [0.1, 0.15) is 6.92 Å². The van der Waals surface area contributed by atoms with E-state index in [4.69, 9.17) is 23.4 Å². The topological polar surface area (TPSA) is 229 Å². The molecule has 2 fully saturated rings. The molecule has 14 heteroatoms. The van der Waals surface area contributed by atoms with Gasteiger partial charge in [0, 0.05) is 23.8 Å². The number of aliphatic hydroxyl groups is 6. The molecule has 0 saturated carbocycles. The fourth-order valence-electron chi connectivity index (χ4n) is 4.71. The number of rotatable bonds is 6. The van der Waals surface area contributed by atoms with Crippen LogP contribution in [0.4, 0.5) is 0 Å². The molecule has 2 aliphatic rings. The van der Waals surface area contributed by atoms with Crippen molar-refractivity contribution in [3.05, 3.63) is 52.7 Å². The summed E-state index contributed by atoms with van der Waals surface area (Å²) in [6, 6.07) is 9.40. The van der Waals surface area contributed by atoms with Gasteiger partial charge in [0.05, 0.1) is 12.7 Å². The highest BCUT2D eigenvalue weighted by atomic mass is 16.7. The zero-order valence-corrected chi connectivity index (χ0v) is 21.5. The Bertz CT molecular complexity index is 1420. The smallest absolute Gasteiger partial charge is 0.229 e. The molecular weight excluding hydrogens is 548 g/mol. The third-order valence-corrected chi connectivity index (χ3v) is 7.09. The molecule has 0 radical (unpaired) electrons. The van der Waals surface area contributed by atoms with Crippen molar-refractivity contribution in [2.45, 2.75) is 68.3 Å². The molecule has 14 nitrogen and oxygen atoms in total. The van der Waals surface area contributed by atoms with Crippen molar-refractivity contribution < 1.29 is 64.2 Å². The minimum atomic E-state index is -1.76. The van der Waals surface area contributed by atoms with Crippen LogP contribution in [0.5, 0.6) is 17.2 Å². The van der Waals surface area contributed by atoms with Crippen LogP contribution in [-0.2, 0) is 14.2 Å². The Hall–Kier alpha value is -3.31. The number of ether oxygens (including phenoxy) is 4. The number of hydrogen-bond acceptors (Lipinski definition) is 14. The fourth-order valence-corrected chi connectivity index (χ4v) is 4.71. The Kier molecular flexibility index (Phi) is 8.20. The van der Waals surface area contributed by atoms with Crippen LogP contribution in [0.15, 0.2) is 51.7 Å². The summed E-state index contributed by atoms with van der Waals surface area (Å²) in [6.07, 6.45) is -14.9. The van der Waals surface area contributed by atoms with Gasteiger partial charge in [-0.05, 0) is 31.2 Å². The molecule has 0 unspecified atom stereocenters. The van der Waals surface area contributed by atoms with Crippen molar-refractivity contribution in [3.8, 4) is 28.6 Å². The standard InChI is InChI=1S/C27H30O14/c1-10-20(31)22(33)24(35)26(38-10)37-9-18-21(32)23(34)25(36)27(41-18)39-13-6-14(29)19-15(30)8-16(40-17(19)7-13)11-2-4-12(28)5-3-11/h2-8,10,18,20-29,31-36H,9H2,1H3/t10-,18-,20-,21-,22+,23+,24+,25-,26-,27-/m1/s1. The van der Waals surface area contributed by atoms with Crippen molar-refractivity contribution in [2.75, 3.05) is 6.61 Å². The molecule has 0 aliphatic carbocycles. The van der Waals surface area contributed by atoms with Gasteiger partial charge in [0.2, 0.25) is 6.29 Å². The van der Waals surface area contributed by atoms with E-state index in [0.717, 1.165) is 6.07 Å². The molecule has 1 aromatic heterocycles. The second-order valence-electron chi connectivity index (χ2n) is 9.98. The third kappa shape index (κ3) is 5.74. The van der Waals surface area contributed by atoms with Crippen LogP contribution in [0.2, 0.25) is 0 Å². The van der Waals surface area contributed by atoms with E-state index in [-0.39, 0.29) is 28.2 Å². The Balaban J connectivity index is 1.35. The van der Waals surface area contributed by atoms with Gasteiger partial charge in [-0.2, -0.15) is 0 Å². The van der Waals surface area contributed by atoms with Crippen LogP contribution in [0.3, 0.4) is 0 Å². The Labute approximate surface area is 231 Å². The van der Waals surface area contributed by atoms with Crippen LogP contribution in [-0.4, -0.2) is 109 Å². The molecule has 3 heterocycles. The van der Waals surface area contributed by atoms with Gasteiger partial charge in [-0.15, -0.1) is 0 Å². The number of phenolic OH excluding ortho intramolecular Hbond substituents is 2. The second-order valence-corrected chi connectivity index (χ2v) is 9.98. The number of fused-ring (bicyclic) bond motifs is 1. The molecule has 41 heavy (non-hydrogen) atoms. The lowest BCUT2D eigenvalue weighted by Crippen LogP contribution is -2.61. The van der Waals surface area contributed by atoms with E-state index in [1.807, 2.05) is 0 Å². The van der Waals surface area contributed by atoms with Gasteiger partial charge in [-0.25, -0.2) is 0 Å². The average Bonchev–Trinajstić information content (AvgIpc) is 2.94. The first-order chi connectivity index (χ1) is 19.4. The monoisotopic (exact) mass is 578 g/mol. The van der Waals surface area contributed by atoms with Crippen molar-refractivity contribution in [2.24, 2.45) is 0 Å². The Morgan fingerprint density at radius 1 is 0.780 bits per heavy atom. The predicted molar refractivity (Wildman–Crippen MR) is 137 cm³/mol. The number of aliphatic hydroxyl groups excluding tert-OH is 6. The summed E-state index contributed by atoms with van der Waals surface area (Å²) in [6.45, 7) is 0.969. The molecule has 3 aromatic rings. The molecular formula is C27H30O14. The lowest BCUT2D eigenvalue weighted by molar-refractivity contribution is -0.318. The van der Waals surface area contributed by atoms with Gasteiger partial charge in [0.25, 0.3) is 0 Å². The maximum Gasteiger partial charge on any atom is 0.229 e. The van der Waals surface area contributed by atoms with E-state index in [1.165, 1.54) is 43.3 Å². The van der Waals surface area contributed by atoms with E-state index in [1.54, 1.807) is 0 Å². The molecule has 2 saturated heterocycles. The average molecular weight is 579 g/mol. The lowest BCUT2D eigenvalue weighted by atomic mass is 9.98. The summed E-state index contributed by atoms with van der Waals surface area (Å²) < 4.78 is 27.9. The number of benzene rings is 2. The highest BCUT2D eigenvalue weighted by molar-refractivity contribution is 5.86. The normalized spacial score (nSPS) is 34.0. The summed E-state index contributed by atoms with van der Waals surface area (Å²) in [4.78, 5) is 12.7. The molecule has 2 aromatic carbocycles. The summed E-state index contributed by atoms with van der Waals surface area (Å²) in [5.41, 5.74) is -0.149. The maximum absolute atomic E-state index is 12.7. The van der Waals surface area contributed by atoms with E-state index < -0.39 is 79.2 Å². The van der Waals surface area contributed by atoms with Gasteiger partial charge < -0.3 is 64.2 Å². The zero-order valence-electron chi connectivity index (χ0n) is 21.5.